The zero-order chi connectivity index (χ0) is 18.2. The molecule has 134 valence electrons. The number of aromatic nitrogens is 2. The topological polar surface area (TPSA) is 41.4 Å². The van der Waals surface area contributed by atoms with E-state index in [0.29, 0.717) is 37.6 Å². The highest BCUT2D eigenvalue weighted by atomic mass is 19.1. The molecule has 0 atom stereocenters. The van der Waals surface area contributed by atoms with Gasteiger partial charge in [0, 0.05) is 38.6 Å². The van der Waals surface area contributed by atoms with Crippen molar-refractivity contribution in [1.29, 1.82) is 0 Å². The summed E-state index contributed by atoms with van der Waals surface area (Å²) in [4.78, 5) is 16.7. The highest BCUT2D eigenvalue weighted by molar-refractivity contribution is 5.93. The Balaban J connectivity index is 1.70. The molecule has 1 saturated heterocycles. The summed E-state index contributed by atoms with van der Waals surface area (Å²) in [5, 5.41) is 4.48. The summed E-state index contributed by atoms with van der Waals surface area (Å²) in [6.45, 7) is 8.63. The molecule has 1 fully saturated rings. The predicted molar refractivity (Wildman–Crippen MR) is 96.4 cm³/mol. The van der Waals surface area contributed by atoms with Crippen LogP contribution in [0.4, 0.5) is 10.1 Å². The second kappa shape index (κ2) is 6.50. The highest BCUT2D eigenvalue weighted by Gasteiger charge is 2.27. The molecule has 1 aliphatic heterocycles. The minimum atomic E-state index is -0.219. The minimum absolute atomic E-state index is 0.0151. The van der Waals surface area contributed by atoms with Crippen LogP contribution >= 0.6 is 0 Å². The third-order valence-corrected chi connectivity index (χ3v) is 4.63. The number of rotatable bonds is 2. The summed E-state index contributed by atoms with van der Waals surface area (Å²) in [6.07, 6.45) is 0. The fraction of sp³-hybridized carbons (Fsp3) is 0.474. The molecule has 1 aliphatic rings. The molecule has 1 aromatic carbocycles. The smallest absolute Gasteiger partial charge is 0.272 e. The first kappa shape index (κ1) is 17.5. The van der Waals surface area contributed by atoms with Gasteiger partial charge in [-0.25, -0.2) is 4.39 Å². The van der Waals surface area contributed by atoms with Crippen LogP contribution in [-0.4, -0.2) is 46.8 Å². The molecule has 0 spiro atoms. The number of carbonyl (C=O) groups excluding carboxylic acids is 1. The van der Waals surface area contributed by atoms with Crippen molar-refractivity contribution in [2.75, 3.05) is 31.1 Å². The lowest BCUT2D eigenvalue weighted by Crippen LogP contribution is -2.49. The molecular formula is C19H25FN4O. The Hall–Kier alpha value is -2.37. The number of carbonyl (C=O) groups is 1. The normalized spacial score (nSPS) is 15.6. The van der Waals surface area contributed by atoms with Gasteiger partial charge in [-0.3, -0.25) is 9.48 Å². The van der Waals surface area contributed by atoms with E-state index in [4.69, 9.17) is 0 Å². The fourth-order valence-corrected chi connectivity index (χ4v) is 3.05. The predicted octanol–water partition coefficient (Wildman–Crippen LogP) is 2.82. The van der Waals surface area contributed by atoms with Crippen molar-refractivity contribution in [3.05, 3.63) is 47.5 Å². The Bertz CT molecular complexity index is 770. The van der Waals surface area contributed by atoms with E-state index >= 15 is 0 Å². The van der Waals surface area contributed by atoms with E-state index in [9.17, 15) is 9.18 Å². The first-order valence-corrected chi connectivity index (χ1v) is 8.60. The average Bonchev–Trinajstić information content (AvgIpc) is 2.97. The lowest BCUT2D eigenvalue weighted by molar-refractivity contribution is 0.0735. The Morgan fingerprint density at radius 3 is 2.32 bits per heavy atom. The zero-order valence-electron chi connectivity index (χ0n) is 15.3. The molecule has 0 N–H and O–H groups in total. The van der Waals surface area contributed by atoms with Crippen LogP contribution in [0.25, 0.3) is 0 Å². The summed E-state index contributed by atoms with van der Waals surface area (Å²) in [7, 11) is 1.80. The Labute approximate surface area is 148 Å². The summed E-state index contributed by atoms with van der Waals surface area (Å²) < 4.78 is 15.6. The number of halogens is 1. The molecule has 0 bridgehead atoms. The first-order chi connectivity index (χ1) is 11.8. The molecule has 5 nitrogen and oxygen atoms in total. The number of anilines is 1. The van der Waals surface area contributed by atoms with Gasteiger partial charge in [-0.2, -0.15) is 5.10 Å². The van der Waals surface area contributed by atoms with E-state index in [-0.39, 0.29) is 17.1 Å². The van der Waals surface area contributed by atoms with E-state index in [0.717, 1.165) is 5.69 Å². The molecule has 2 aromatic rings. The molecule has 25 heavy (non-hydrogen) atoms. The molecule has 0 unspecified atom stereocenters. The lowest BCUT2D eigenvalue weighted by atomic mass is 9.92. The van der Waals surface area contributed by atoms with Crippen molar-refractivity contribution in [3.63, 3.8) is 0 Å². The standard InChI is InChI=1S/C19H25FN4O/c1-19(2,3)17-13-16(22(4)21-17)18(25)24-11-9-23(10-12-24)15-8-6-5-7-14(15)20/h5-8,13H,9-12H2,1-4H3. The van der Waals surface area contributed by atoms with Gasteiger partial charge in [0.1, 0.15) is 11.5 Å². The number of piperazine rings is 1. The van der Waals surface area contributed by atoms with Crippen LogP contribution in [0.2, 0.25) is 0 Å². The van der Waals surface area contributed by atoms with Gasteiger partial charge in [-0.05, 0) is 18.2 Å². The number of nitrogens with zero attached hydrogens (tertiary/aromatic N) is 4. The highest BCUT2D eigenvalue weighted by Crippen LogP contribution is 2.23. The Morgan fingerprint density at radius 1 is 1.12 bits per heavy atom. The van der Waals surface area contributed by atoms with Crippen molar-refractivity contribution in [2.24, 2.45) is 7.05 Å². The third kappa shape index (κ3) is 3.52. The van der Waals surface area contributed by atoms with Gasteiger partial charge in [-0.15, -0.1) is 0 Å². The maximum absolute atomic E-state index is 13.9. The largest absolute Gasteiger partial charge is 0.366 e. The van der Waals surface area contributed by atoms with Crippen LogP contribution in [0.15, 0.2) is 30.3 Å². The van der Waals surface area contributed by atoms with Crippen LogP contribution in [0.1, 0.15) is 37.0 Å². The van der Waals surface area contributed by atoms with Crippen LogP contribution in [0, 0.1) is 5.82 Å². The summed E-state index contributed by atoms with van der Waals surface area (Å²) in [5.41, 5.74) is 2.01. The van der Waals surface area contributed by atoms with Crippen LogP contribution in [0.3, 0.4) is 0 Å². The van der Waals surface area contributed by atoms with Gasteiger partial charge in [-0.1, -0.05) is 32.9 Å². The van der Waals surface area contributed by atoms with Crippen molar-refractivity contribution in [2.45, 2.75) is 26.2 Å². The molecule has 1 amide bonds. The first-order valence-electron chi connectivity index (χ1n) is 8.60. The quantitative estimate of drug-likeness (QED) is 0.841. The van der Waals surface area contributed by atoms with E-state index in [1.54, 1.807) is 23.9 Å². The number of para-hydroxylation sites is 1. The van der Waals surface area contributed by atoms with Crippen LogP contribution in [0.5, 0.6) is 0 Å². The molecular weight excluding hydrogens is 319 g/mol. The third-order valence-electron chi connectivity index (χ3n) is 4.63. The number of amides is 1. The fourth-order valence-electron chi connectivity index (χ4n) is 3.05. The molecule has 2 heterocycles. The number of hydrogen-bond donors (Lipinski definition) is 0. The average molecular weight is 344 g/mol. The Kier molecular flexibility index (Phi) is 4.54. The minimum Gasteiger partial charge on any atom is -0.366 e. The molecule has 6 heteroatoms. The van der Waals surface area contributed by atoms with Crippen molar-refractivity contribution in [1.82, 2.24) is 14.7 Å². The Morgan fingerprint density at radius 2 is 1.76 bits per heavy atom. The maximum atomic E-state index is 13.9. The van der Waals surface area contributed by atoms with Crippen LogP contribution < -0.4 is 4.90 Å². The van der Waals surface area contributed by atoms with Crippen molar-refractivity contribution in [3.8, 4) is 0 Å². The van der Waals surface area contributed by atoms with Gasteiger partial charge in [0.05, 0.1) is 11.4 Å². The maximum Gasteiger partial charge on any atom is 0.272 e. The van der Waals surface area contributed by atoms with E-state index in [1.807, 2.05) is 21.9 Å². The molecule has 0 aliphatic carbocycles. The van der Waals surface area contributed by atoms with Gasteiger partial charge in [0.15, 0.2) is 0 Å². The summed E-state index contributed by atoms with van der Waals surface area (Å²) in [6, 6.07) is 8.65. The number of hydrogen-bond acceptors (Lipinski definition) is 3. The summed E-state index contributed by atoms with van der Waals surface area (Å²) in [5.74, 6) is -0.234. The number of benzene rings is 1. The lowest BCUT2D eigenvalue weighted by Gasteiger charge is -2.36. The van der Waals surface area contributed by atoms with E-state index in [1.165, 1.54) is 6.07 Å². The van der Waals surface area contributed by atoms with Gasteiger partial charge < -0.3 is 9.80 Å². The van der Waals surface area contributed by atoms with E-state index in [2.05, 4.69) is 25.9 Å². The SMILES string of the molecule is Cn1nc(C(C)(C)C)cc1C(=O)N1CCN(c2ccccc2F)CC1. The van der Waals surface area contributed by atoms with Crippen molar-refractivity contribution < 1.29 is 9.18 Å². The van der Waals surface area contributed by atoms with Gasteiger partial charge in [0.2, 0.25) is 0 Å². The molecule has 0 radical (unpaired) electrons. The second-order valence-corrected chi connectivity index (χ2v) is 7.52. The van der Waals surface area contributed by atoms with Gasteiger partial charge >= 0.3 is 0 Å². The molecule has 0 saturated carbocycles. The van der Waals surface area contributed by atoms with E-state index < -0.39 is 0 Å². The second-order valence-electron chi connectivity index (χ2n) is 7.52. The summed E-state index contributed by atoms with van der Waals surface area (Å²) >= 11 is 0. The number of aryl methyl sites for hydroxylation is 1. The molecule has 3 rings (SSSR count). The monoisotopic (exact) mass is 344 g/mol. The van der Waals surface area contributed by atoms with Crippen LogP contribution in [-0.2, 0) is 12.5 Å². The molecule has 1 aromatic heterocycles. The van der Waals surface area contributed by atoms with Crippen molar-refractivity contribution >= 4 is 11.6 Å². The zero-order valence-corrected chi connectivity index (χ0v) is 15.3. The van der Waals surface area contributed by atoms with Gasteiger partial charge in [0.25, 0.3) is 5.91 Å².